The standard InChI is InChI=1S/C14H18F2N2/c1-3-5-11(4-2)18-14(9-17)12-8-10(15)6-7-13(12)16/h2,6-8,11,14,18H,3,5,9,17H2,1H3. The molecule has 0 amide bonds. The second kappa shape index (κ2) is 7.10. The van der Waals surface area contributed by atoms with Crippen LogP contribution in [-0.2, 0) is 0 Å². The van der Waals surface area contributed by atoms with Crippen LogP contribution in [0, 0.1) is 24.0 Å². The normalized spacial score (nSPS) is 13.9. The summed E-state index contributed by atoms with van der Waals surface area (Å²) in [6.45, 7) is 2.16. The SMILES string of the molecule is C#CC(CCC)NC(CN)c1cc(F)ccc1F. The summed E-state index contributed by atoms with van der Waals surface area (Å²) in [5.41, 5.74) is 5.82. The van der Waals surface area contributed by atoms with Crippen LogP contribution in [0.1, 0.15) is 31.4 Å². The van der Waals surface area contributed by atoms with Gasteiger partial charge in [0.25, 0.3) is 0 Å². The predicted octanol–water partition coefficient (Wildman–Crippen LogP) is 2.36. The van der Waals surface area contributed by atoms with Crippen LogP contribution in [0.4, 0.5) is 8.78 Å². The van der Waals surface area contributed by atoms with Crippen LogP contribution < -0.4 is 11.1 Å². The van der Waals surface area contributed by atoms with Crippen molar-refractivity contribution < 1.29 is 8.78 Å². The highest BCUT2D eigenvalue weighted by Crippen LogP contribution is 2.18. The topological polar surface area (TPSA) is 38.0 Å². The van der Waals surface area contributed by atoms with E-state index in [4.69, 9.17) is 12.2 Å². The zero-order chi connectivity index (χ0) is 13.5. The molecule has 0 aliphatic carbocycles. The Hall–Kier alpha value is -1.44. The summed E-state index contributed by atoms with van der Waals surface area (Å²) in [6.07, 6.45) is 7.06. The molecule has 4 heteroatoms. The monoisotopic (exact) mass is 252 g/mol. The quantitative estimate of drug-likeness (QED) is 0.763. The maximum atomic E-state index is 13.6. The maximum absolute atomic E-state index is 13.6. The number of benzene rings is 1. The average Bonchev–Trinajstić information content (AvgIpc) is 2.37. The van der Waals surface area contributed by atoms with Gasteiger partial charge in [-0.1, -0.05) is 19.3 Å². The van der Waals surface area contributed by atoms with Crippen molar-refractivity contribution in [3.8, 4) is 12.3 Å². The molecule has 0 aliphatic rings. The van der Waals surface area contributed by atoms with Gasteiger partial charge in [-0.2, -0.15) is 0 Å². The van der Waals surface area contributed by atoms with Crippen LogP contribution in [0.25, 0.3) is 0 Å². The number of hydrogen-bond donors (Lipinski definition) is 2. The first-order valence-corrected chi connectivity index (χ1v) is 5.99. The molecule has 2 unspecified atom stereocenters. The molecule has 18 heavy (non-hydrogen) atoms. The van der Waals surface area contributed by atoms with E-state index >= 15 is 0 Å². The molecule has 2 atom stereocenters. The highest BCUT2D eigenvalue weighted by Gasteiger charge is 2.17. The van der Waals surface area contributed by atoms with Gasteiger partial charge < -0.3 is 5.73 Å². The highest BCUT2D eigenvalue weighted by molar-refractivity contribution is 5.23. The summed E-state index contributed by atoms with van der Waals surface area (Å²) >= 11 is 0. The molecular formula is C14H18F2N2. The Morgan fingerprint density at radius 3 is 2.72 bits per heavy atom. The third-order valence-corrected chi connectivity index (χ3v) is 2.75. The molecule has 0 aliphatic heterocycles. The number of rotatable bonds is 6. The summed E-state index contributed by atoms with van der Waals surface area (Å²) in [5, 5.41) is 3.07. The van der Waals surface area contributed by atoms with Crippen LogP contribution in [-0.4, -0.2) is 12.6 Å². The fourth-order valence-electron chi connectivity index (χ4n) is 1.81. The van der Waals surface area contributed by atoms with E-state index in [0.29, 0.717) is 0 Å². The second-order valence-corrected chi connectivity index (χ2v) is 4.13. The van der Waals surface area contributed by atoms with Gasteiger partial charge in [0.1, 0.15) is 11.6 Å². The molecule has 0 bridgehead atoms. The first kappa shape index (κ1) is 14.6. The Kier molecular flexibility index (Phi) is 5.76. The Morgan fingerprint density at radius 2 is 2.17 bits per heavy atom. The van der Waals surface area contributed by atoms with Crippen molar-refractivity contribution in [3.63, 3.8) is 0 Å². The Bertz CT molecular complexity index is 426. The van der Waals surface area contributed by atoms with Crippen molar-refractivity contribution in [1.82, 2.24) is 5.32 Å². The molecule has 3 N–H and O–H groups in total. The summed E-state index contributed by atoms with van der Waals surface area (Å²) < 4.78 is 26.8. The lowest BCUT2D eigenvalue weighted by Crippen LogP contribution is -2.36. The Balaban J connectivity index is 2.89. The zero-order valence-corrected chi connectivity index (χ0v) is 10.4. The minimum absolute atomic E-state index is 0.155. The molecular weight excluding hydrogens is 234 g/mol. The van der Waals surface area contributed by atoms with Crippen molar-refractivity contribution in [2.45, 2.75) is 31.8 Å². The van der Waals surface area contributed by atoms with Gasteiger partial charge in [0.05, 0.1) is 6.04 Å². The van der Waals surface area contributed by atoms with Crippen molar-refractivity contribution in [2.75, 3.05) is 6.54 Å². The molecule has 0 radical (unpaired) electrons. The minimum atomic E-state index is -0.487. The van der Waals surface area contributed by atoms with Gasteiger partial charge in [-0.05, 0) is 24.6 Å². The fraction of sp³-hybridized carbons (Fsp3) is 0.429. The summed E-state index contributed by atoms with van der Waals surface area (Å²) in [5.74, 6) is 1.62. The Labute approximate surface area is 107 Å². The van der Waals surface area contributed by atoms with E-state index < -0.39 is 17.7 Å². The number of nitrogens with two attached hydrogens (primary N) is 1. The van der Waals surface area contributed by atoms with Crippen molar-refractivity contribution in [1.29, 1.82) is 0 Å². The van der Waals surface area contributed by atoms with Crippen LogP contribution in [0.3, 0.4) is 0 Å². The summed E-state index contributed by atoms with van der Waals surface area (Å²) in [6, 6.07) is 2.66. The molecule has 1 aromatic carbocycles. The molecule has 1 aromatic rings. The van der Waals surface area contributed by atoms with Gasteiger partial charge >= 0.3 is 0 Å². The maximum Gasteiger partial charge on any atom is 0.128 e. The van der Waals surface area contributed by atoms with Gasteiger partial charge in [-0.15, -0.1) is 6.42 Å². The van der Waals surface area contributed by atoms with Crippen LogP contribution in [0.15, 0.2) is 18.2 Å². The van der Waals surface area contributed by atoms with Crippen molar-refractivity contribution in [2.24, 2.45) is 5.73 Å². The average molecular weight is 252 g/mol. The van der Waals surface area contributed by atoms with E-state index in [2.05, 4.69) is 11.2 Å². The van der Waals surface area contributed by atoms with Crippen LogP contribution >= 0.6 is 0 Å². The molecule has 98 valence electrons. The van der Waals surface area contributed by atoms with Gasteiger partial charge in [0.15, 0.2) is 0 Å². The molecule has 0 spiro atoms. The van der Waals surface area contributed by atoms with Gasteiger partial charge in [0.2, 0.25) is 0 Å². The summed E-state index contributed by atoms with van der Waals surface area (Å²) in [7, 11) is 0. The lowest BCUT2D eigenvalue weighted by Gasteiger charge is -2.22. The lowest BCUT2D eigenvalue weighted by molar-refractivity contribution is 0.454. The van der Waals surface area contributed by atoms with E-state index in [1.54, 1.807) is 0 Å². The van der Waals surface area contributed by atoms with Crippen LogP contribution in [0.5, 0.6) is 0 Å². The lowest BCUT2D eigenvalue weighted by atomic mass is 10.0. The number of terminal acetylenes is 1. The van der Waals surface area contributed by atoms with Crippen molar-refractivity contribution in [3.05, 3.63) is 35.4 Å². The summed E-state index contributed by atoms with van der Waals surface area (Å²) in [4.78, 5) is 0. The number of halogens is 2. The van der Waals surface area contributed by atoms with E-state index in [-0.39, 0.29) is 18.2 Å². The number of hydrogen-bond acceptors (Lipinski definition) is 2. The van der Waals surface area contributed by atoms with Gasteiger partial charge in [0, 0.05) is 18.2 Å². The third kappa shape index (κ3) is 3.80. The fourth-order valence-corrected chi connectivity index (χ4v) is 1.81. The van der Waals surface area contributed by atoms with E-state index in [9.17, 15) is 8.78 Å². The van der Waals surface area contributed by atoms with Gasteiger partial charge in [-0.3, -0.25) is 5.32 Å². The molecule has 0 aromatic heterocycles. The zero-order valence-electron chi connectivity index (χ0n) is 10.4. The van der Waals surface area contributed by atoms with E-state index in [1.165, 1.54) is 0 Å². The first-order valence-electron chi connectivity index (χ1n) is 5.99. The first-order chi connectivity index (χ1) is 8.62. The minimum Gasteiger partial charge on any atom is -0.329 e. The molecule has 0 fully saturated rings. The predicted molar refractivity (Wildman–Crippen MR) is 68.8 cm³/mol. The molecule has 0 saturated heterocycles. The third-order valence-electron chi connectivity index (χ3n) is 2.75. The van der Waals surface area contributed by atoms with Gasteiger partial charge in [-0.25, -0.2) is 8.78 Å². The van der Waals surface area contributed by atoms with Crippen molar-refractivity contribution >= 4 is 0 Å². The largest absolute Gasteiger partial charge is 0.329 e. The molecule has 2 nitrogen and oxygen atoms in total. The van der Waals surface area contributed by atoms with E-state index in [0.717, 1.165) is 31.0 Å². The molecule has 1 rings (SSSR count). The smallest absolute Gasteiger partial charge is 0.128 e. The molecule has 0 heterocycles. The Morgan fingerprint density at radius 1 is 1.44 bits per heavy atom. The molecule has 0 saturated carbocycles. The second-order valence-electron chi connectivity index (χ2n) is 4.13. The van der Waals surface area contributed by atoms with Crippen LogP contribution in [0.2, 0.25) is 0 Å². The number of nitrogens with one attached hydrogen (secondary N) is 1. The highest BCUT2D eigenvalue weighted by atomic mass is 19.1. The van der Waals surface area contributed by atoms with E-state index in [1.807, 2.05) is 6.92 Å².